The Balaban J connectivity index is 2.00. The molecule has 3 rings (SSSR count). The highest BCUT2D eigenvalue weighted by atomic mass is 35.5. The van der Waals surface area contributed by atoms with Crippen molar-refractivity contribution in [3.8, 4) is 0 Å². The molecule has 0 saturated heterocycles. The molecule has 5 nitrogen and oxygen atoms in total. The molecule has 0 bridgehead atoms. The zero-order chi connectivity index (χ0) is 19.6. The van der Waals surface area contributed by atoms with E-state index in [1.165, 1.54) is 7.11 Å². The maximum Gasteiger partial charge on any atom is 0.337 e. The van der Waals surface area contributed by atoms with Crippen LogP contribution in [0.4, 0.5) is 0 Å². The van der Waals surface area contributed by atoms with Crippen molar-refractivity contribution in [2.75, 3.05) is 7.11 Å². The summed E-state index contributed by atoms with van der Waals surface area (Å²) in [6, 6.07) is 13.2. The highest BCUT2D eigenvalue weighted by Crippen LogP contribution is 2.30. The minimum absolute atomic E-state index is 0.131. The first-order chi connectivity index (χ1) is 12.9. The molecule has 27 heavy (non-hydrogen) atoms. The Hall–Kier alpha value is -2.70. The number of ketones is 1. The van der Waals surface area contributed by atoms with Crippen LogP contribution in [0.3, 0.4) is 0 Å². The molecule has 1 heterocycles. The van der Waals surface area contributed by atoms with Crippen LogP contribution >= 0.6 is 23.8 Å². The van der Waals surface area contributed by atoms with E-state index in [2.05, 4.69) is 10.6 Å². The van der Waals surface area contributed by atoms with Gasteiger partial charge in [0.25, 0.3) is 0 Å². The first-order valence-corrected chi connectivity index (χ1v) is 8.96. The van der Waals surface area contributed by atoms with Crippen molar-refractivity contribution in [3.63, 3.8) is 0 Å². The Bertz CT molecular complexity index is 937. The first-order valence-electron chi connectivity index (χ1n) is 8.17. The molecule has 0 fully saturated rings. The molecular weight excluding hydrogens is 384 g/mol. The monoisotopic (exact) mass is 400 g/mol. The Kier molecular flexibility index (Phi) is 5.58. The number of rotatable bonds is 4. The van der Waals surface area contributed by atoms with Gasteiger partial charge in [0.15, 0.2) is 10.9 Å². The first kappa shape index (κ1) is 19.1. The van der Waals surface area contributed by atoms with Gasteiger partial charge < -0.3 is 15.4 Å². The number of thiocarbonyl (C=S) groups is 1. The second-order valence-electron chi connectivity index (χ2n) is 6.02. The van der Waals surface area contributed by atoms with Crippen LogP contribution in [0.2, 0.25) is 5.02 Å². The summed E-state index contributed by atoms with van der Waals surface area (Å²) in [4.78, 5) is 24.8. The fourth-order valence-corrected chi connectivity index (χ4v) is 3.33. The lowest BCUT2D eigenvalue weighted by Crippen LogP contribution is -2.44. The lowest BCUT2D eigenvalue weighted by atomic mass is 9.89. The van der Waals surface area contributed by atoms with Crippen molar-refractivity contribution in [1.29, 1.82) is 0 Å². The van der Waals surface area contributed by atoms with Gasteiger partial charge in [0.1, 0.15) is 0 Å². The van der Waals surface area contributed by atoms with Crippen LogP contribution in [-0.4, -0.2) is 24.0 Å². The number of benzene rings is 2. The normalized spacial score (nSPS) is 16.4. The summed E-state index contributed by atoms with van der Waals surface area (Å²) in [5.74, 6) is -0.548. The minimum Gasteiger partial charge on any atom is -0.465 e. The van der Waals surface area contributed by atoms with Crippen molar-refractivity contribution in [2.45, 2.75) is 13.0 Å². The lowest BCUT2D eigenvalue weighted by molar-refractivity contribution is 0.0600. The molecule has 0 aliphatic carbocycles. The molecule has 2 aromatic rings. The molecule has 1 atom stereocenters. The lowest BCUT2D eigenvalue weighted by Gasteiger charge is -2.30. The number of esters is 1. The third-order valence-electron chi connectivity index (χ3n) is 4.29. The van der Waals surface area contributed by atoms with E-state index in [-0.39, 0.29) is 5.78 Å². The van der Waals surface area contributed by atoms with Gasteiger partial charge >= 0.3 is 5.97 Å². The average molecular weight is 401 g/mol. The fourth-order valence-electron chi connectivity index (χ4n) is 2.93. The SMILES string of the molecule is COC(=O)c1ccc([C@H]2NC(=S)NC(C)=C2C(=O)c2ccc(Cl)cc2)cc1. The standard InChI is InChI=1S/C20H17ClN2O3S/c1-11-16(18(24)13-7-9-15(21)10-8-13)17(23-20(27)22-11)12-3-5-14(6-4-12)19(25)26-2/h3-10,17H,1-2H3,(H2,22,23,27)/t17-/m1/s1. The van der Waals surface area contributed by atoms with Crippen LogP contribution in [0.1, 0.15) is 39.2 Å². The summed E-state index contributed by atoms with van der Waals surface area (Å²) in [7, 11) is 1.33. The molecule has 0 amide bonds. The van der Waals surface area contributed by atoms with Gasteiger partial charge in [0.05, 0.1) is 18.7 Å². The molecule has 138 valence electrons. The van der Waals surface area contributed by atoms with Gasteiger partial charge in [-0.1, -0.05) is 23.7 Å². The van der Waals surface area contributed by atoms with Crippen molar-refractivity contribution in [1.82, 2.24) is 10.6 Å². The number of ether oxygens (including phenoxy) is 1. The van der Waals surface area contributed by atoms with E-state index in [9.17, 15) is 9.59 Å². The van der Waals surface area contributed by atoms with Gasteiger partial charge in [-0.3, -0.25) is 4.79 Å². The van der Waals surface area contributed by atoms with Crippen molar-refractivity contribution in [2.24, 2.45) is 0 Å². The number of carbonyl (C=O) groups is 2. The van der Waals surface area contributed by atoms with E-state index < -0.39 is 12.0 Å². The second-order valence-corrected chi connectivity index (χ2v) is 6.86. The van der Waals surface area contributed by atoms with Crippen LogP contribution in [0.25, 0.3) is 0 Å². The molecule has 0 spiro atoms. The Labute approximate surface area is 167 Å². The zero-order valence-corrected chi connectivity index (χ0v) is 16.3. The van der Waals surface area contributed by atoms with Gasteiger partial charge in [-0.2, -0.15) is 0 Å². The van der Waals surface area contributed by atoms with E-state index in [4.69, 9.17) is 28.6 Å². The molecule has 0 radical (unpaired) electrons. The molecule has 2 aromatic carbocycles. The van der Waals surface area contributed by atoms with Crippen LogP contribution in [0.15, 0.2) is 59.8 Å². The number of Topliss-reactive ketones (excluding diaryl/α,β-unsaturated/α-hetero) is 1. The fraction of sp³-hybridized carbons (Fsp3) is 0.150. The predicted octanol–water partition coefficient (Wildman–Crippen LogP) is 3.80. The van der Waals surface area contributed by atoms with Crippen molar-refractivity contribution in [3.05, 3.63) is 81.5 Å². The summed E-state index contributed by atoms with van der Waals surface area (Å²) >= 11 is 11.2. The molecule has 2 N–H and O–H groups in total. The predicted molar refractivity (Wildman–Crippen MR) is 108 cm³/mol. The Morgan fingerprint density at radius 2 is 1.63 bits per heavy atom. The van der Waals surface area contributed by atoms with Gasteiger partial charge in [-0.05, 0) is 61.1 Å². The third-order valence-corrected chi connectivity index (χ3v) is 4.76. The highest BCUT2D eigenvalue weighted by Gasteiger charge is 2.30. The van der Waals surface area contributed by atoms with Crippen LogP contribution in [-0.2, 0) is 4.74 Å². The van der Waals surface area contributed by atoms with E-state index in [1.807, 2.05) is 6.92 Å². The van der Waals surface area contributed by atoms with Gasteiger partial charge in [-0.15, -0.1) is 0 Å². The van der Waals surface area contributed by atoms with Crippen LogP contribution < -0.4 is 10.6 Å². The Morgan fingerprint density at radius 1 is 1.04 bits per heavy atom. The number of allylic oxidation sites excluding steroid dienone is 1. The molecule has 1 aliphatic rings. The molecule has 7 heteroatoms. The van der Waals surface area contributed by atoms with Gasteiger partial charge in [0.2, 0.25) is 0 Å². The molecule has 0 unspecified atom stereocenters. The number of carbonyl (C=O) groups excluding carboxylic acids is 2. The van der Waals surface area contributed by atoms with Gasteiger partial charge in [0, 0.05) is 21.9 Å². The average Bonchev–Trinajstić information content (AvgIpc) is 2.67. The topological polar surface area (TPSA) is 67.4 Å². The zero-order valence-electron chi connectivity index (χ0n) is 14.7. The van der Waals surface area contributed by atoms with E-state index in [0.29, 0.717) is 32.5 Å². The Morgan fingerprint density at radius 3 is 2.22 bits per heavy atom. The van der Waals surface area contributed by atoms with Crippen molar-refractivity contribution >= 4 is 40.7 Å². The van der Waals surface area contributed by atoms with Crippen LogP contribution in [0.5, 0.6) is 0 Å². The summed E-state index contributed by atoms with van der Waals surface area (Å²) in [5, 5.41) is 7.14. The second kappa shape index (κ2) is 7.90. The summed E-state index contributed by atoms with van der Waals surface area (Å²) in [6.07, 6.45) is 0. The highest BCUT2D eigenvalue weighted by molar-refractivity contribution is 7.80. The molecule has 0 aromatic heterocycles. The molecular formula is C20H17ClN2O3S. The molecule has 1 aliphatic heterocycles. The smallest absolute Gasteiger partial charge is 0.337 e. The quantitative estimate of drug-likeness (QED) is 0.462. The van der Waals surface area contributed by atoms with E-state index in [0.717, 1.165) is 5.56 Å². The maximum absolute atomic E-state index is 13.1. The maximum atomic E-state index is 13.1. The number of halogens is 1. The van der Waals surface area contributed by atoms with Crippen molar-refractivity contribution < 1.29 is 14.3 Å². The summed E-state index contributed by atoms with van der Waals surface area (Å²) in [6.45, 7) is 1.81. The largest absolute Gasteiger partial charge is 0.465 e. The third kappa shape index (κ3) is 4.02. The minimum atomic E-state index is -0.436. The number of methoxy groups -OCH3 is 1. The van der Waals surface area contributed by atoms with Gasteiger partial charge in [-0.25, -0.2) is 4.79 Å². The van der Waals surface area contributed by atoms with E-state index in [1.54, 1.807) is 48.5 Å². The number of hydrogen-bond donors (Lipinski definition) is 2. The summed E-state index contributed by atoms with van der Waals surface area (Å²) < 4.78 is 4.72. The van der Waals surface area contributed by atoms with Crippen LogP contribution in [0, 0.1) is 0 Å². The number of nitrogens with one attached hydrogen (secondary N) is 2. The van der Waals surface area contributed by atoms with E-state index >= 15 is 0 Å². The summed E-state index contributed by atoms with van der Waals surface area (Å²) in [5.41, 5.74) is 3.01. The number of hydrogen-bond acceptors (Lipinski definition) is 4. The molecule has 0 saturated carbocycles.